The summed E-state index contributed by atoms with van der Waals surface area (Å²) in [5.74, 6) is 0. The van der Waals surface area contributed by atoms with Crippen LogP contribution in [0.15, 0.2) is 18.2 Å². The highest BCUT2D eigenvalue weighted by atomic mass is 15.3. The van der Waals surface area contributed by atoms with Gasteiger partial charge in [-0.25, -0.2) is 0 Å². The third kappa shape index (κ3) is 4.53. The van der Waals surface area contributed by atoms with E-state index < -0.39 is 0 Å². The molecule has 2 unspecified atom stereocenters. The molecule has 0 radical (unpaired) electrons. The van der Waals surface area contributed by atoms with Crippen molar-refractivity contribution in [2.75, 3.05) is 40.3 Å². The van der Waals surface area contributed by atoms with Crippen LogP contribution >= 0.6 is 0 Å². The molecule has 0 aromatic heterocycles. The molecule has 0 bridgehead atoms. The second-order valence-electron chi connectivity index (χ2n) is 6.68. The van der Waals surface area contributed by atoms with Gasteiger partial charge in [0.15, 0.2) is 0 Å². The van der Waals surface area contributed by atoms with Crippen LogP contribution in [-0.4, -0.2) is 56.1 Å². The Morgan fingerprint density at radius 1 is 1.19 bits per heavy atom. The SMILES string of the molecule is CNC(CCN1CCN(C)C(C)C1)c1cc(C)cc(C)c1. The van der Waals surface area contributed by atoms with Gasteiger partial charge in [-0.15, -0.1) is 0 Å². The Morgan fingerprint density at radius 2 is 1.86 bits per heavy atom. The van der Waals surface area contributed by atoms with Crippen molar-refractivity contribution in [3.05, 3.63) is 34.9 Å². The molecule has 1 fully saturated rings. The van der Waals surface area contributed by atoms with E-state index in [2.05, 4.69) is 68.2 Å². The summed E-state index contributed by atoms with van der Waals surface area (Å²) in [5, 5.41) is 3.50. The molecule has 0 aliphatic carbocycles. The summed E-state index contributed by atoms with van der Waals surface area (Å²) >= 11 is 0. The molecule has 1 aliphatic rings. The Labute approximate surface area is 130 Å². The molecule has 1 aliphatic heterocycles. The van der Waals surface area contributed by atoms with Crippen LogP contribution in [0.1, 0.15) is 36.1 Å². The van der Waals surface area contributed by atoms with Crippen molar-refractivity contribution in [3.8, 4) is 0 Å². The number of piperazine rings is 1. The van der Waals surface area contributed by atoms with Crippen molar-refractivity contribution in [1.82, 2.24) is 15.1 Å². The molecule has 21 heavy (non-hydrogen) atoms. The van der Waals surface area contributed by atoms with Crippen molar-refractivity contribution < 1.29 is 0 Å². The van der Waals surface area contributed by atoms with Crippen LogP contribution in [0.25, 0.3) is 0 Å². The molecule has 1 heterocycles. The summed E-state index contributed by atoms with van der Waals surface area (Å²) in [4.78, 5) is 5.06. The van der Waals surface area contributed by atoms with Gasteiger partial charge in [-0.1, -0.05) is 29.3 Å². The van der Waals surface area contributed by atoms with Gasteiger partial charge in [0, 0.05) is 38.3 Å². The molecule has 0 spiro atoms. The fourth-order valence-corrected chi connectivity index (χ4v) is 3.33. The number of likely N-dealkylation sites (N-methyl/N-ethyl adjacent to an activating group) is 1. The number of hydrogen-bond acceptors (Lipinski definition) is 3. The predicted octanol–water partition coefficient (Wildman–Crippen LogP) is 2.59. The molecule has 2 atom stereocenters. The zero-order chi connectivity index (χ0) is 15.4. The van der Waals surface area contributed by atoms with Gasteiger partial charge >= 0.3 is 0 Å². The maximum atomic E-state index is 3.50. The fraction of sp³-hybridized carbons (Fsp3) is 0.667. The molecule has 1 aromatic carbocycles. The van der Waals surface area contributed by atoms with Crippen LogP contribution in [-0.2, 0) is 0 Å². The molecule has 2 rings (SSSR count). The summed E-state index contributed by atoms with van der Waals surface area (Å²) in [5.41, 5.74) is 4.15. The van der Waals surface area contributed by atoms with Gasteiger partial charge in [0.2, 0.25) is 0 Å². The number of aryl methyl sites for hydroxylation is 2. The van der Waals surface area contributed by atoms with Crippen molar-refractivity contribution in [2.45, 2.75) is 39.3 Å². The van der Waals surface area contributed by atoms with Gasteiger partial charge in [0.25, 0.3) is 0 Å². The second kappa shape index (κ2) is 7.39. The quantitative estimate of drug-likeness (QED) is 0.899. The Hall–Kier alpha value is -0.900. The van der Waals surface area contributed by atoms with Crippen LogP contribution in [0.5, 0.6) is 0 Å². The van der Waals surface area contributed by atoms with E-state index in [0.29, 0.717) is 12.1 Å². The molecule has 3 heteroatoms. The molecule has 0 saturated carbocycles. The molecule has 1 N–H and O–H groups in total. The van der Waals surface area contributed by atoms with Gasteiger partial charge in [-0.2, -0.15) is 0 Å². The Kier molecular flexibility index (Phi) is 5.80. The van der Waals surface area contributed by atoms with Gasteiger partial charge in [0.05, 0.1) is 0 Å². The molecule has 1 saturated heterocycles. The summed E-state index contributed by atoms with van der Waals surface area (Å²) < 4.78 is 0. The van der Waals surface area contributed by atoms with E-state index in [4.69, 9.17) is 0 Å². The number of rotatable bonds is 5. The first-order valence-corrected chi connectivity index (χ1v) is 8.17. The predicted molar refractivity (Wildman–Crippen MR) is 90.9 cm³/mol. The van der Waals surface area contributed by atoms with Crippen molar-refractivity contribution in [3.63, 3.8) is 0 Å². The molecule has 0 amide bonds. The van der Waals surface area contributed by atoms with E-state index in [0.717, 1.165) is 0 Å². The van der Waals surface area contributed by atoms with E-state index >= 15 is 0 Å². The van der Waals surface area contributed by atoms with Crippen molar-refractivity contribution >= 4 is 0 Å². The van der Waals surface area contributed by atoms with E-state index in [1.807, 2.05) is 0 Å². The molecule has 118 valence electrons. The van der Waals surface area contributed by atoms with Crippen LogP contribution in [0.2, 0.25) is 0 Å². The van der Waals surface area contributed by atoms with Gasteiger partial charge < -0.3 is 15.1 Å². The summed E-state index contributed by atoms with van der Waals surface area (Å²) in [7, 11) is 4.31. The molecular weight excluding hydrogens is 258 g/mol. The zero-order valence-electron chi connectivity index (χ0n) is 14.3. The standard InChI is InChI=1S/C18H31N3/c1-14-10-15(2)12-17(11-14)18(19-4)6-7-21-9-8-20(5)16(3)13-21/h10-12,16,18-19H,6-9,13H2,1-5H3. The maximum Gasteiger partial charge on any atom is 0.0329 e. The normalized spacial score (nSPS) is 22.4. The Morgan fingerprint density at radius 3 is 2.43 bits per heavy atom. The average molecular weight is 289 g/mol. The van der Waals surface area contributed by atoms with Gasteiger partial charge in [0.1, 0.15) is 0 Å². The Balaban J connectivity index is 1.93. The monoisotopic (exact) mass is 289 g/mol. The Bertz CT molecular complexity index is 438. The lowest BCUT2D eigenvalue weighted by molar-refractivity contribution is 0.102. The van der Waals surface area contributed by atoms with Crippen LogP contribution in [0.3, 0.4) is 0 Å². The lowest BCUT2D eigenvalue weighted by Gasteiger charge is -2.38. The van der Waals surface area contributed by atoms with Gasteiger partial charge in [-0.3, -0.25) is 0 Å². The van der Waals surface area contributed by atoms with E-state index in [-0.39, 0.29) is 0 Å². The lowest BCUT2D eigenvalue weighted by Crippen LogP contribution is -2.50. The zero-order valence-corrected chi connectivity index (χ0v) is 14.3. The number of benzene rings is 1. The largest absolute Gasteiger partial charge is 0.313 e. The van der Waals surface area contributed by atoms with E-state index in [9.17, 15) is 0 Å². The lowest BCUT2D eigenvalue weighted by atomic mass is 9.99. The smallest absolute Gasteiger partial charge is 0.0329 e. The molecule has 1 aromatic rings. The summed E-state index contributed by atoms with van der Waals surface area (Å²) in [6.07, 6.45) is 1.18. The van der Waals surface area contributed by atoms with E-state index in [1.54, 1.807) is 0 Å². The van der Waals surface area contributed by atoms with Crippen molar-refractivity contribution in [2.24, 2.45) is 0 Å². The summed E-state index contributed by atoms with van der Waals surface area (Å²) in [6, 6.07) is 8.02. The van der Waals surface area contributed by atoms with Crippen LogP contribution in [0.4, 0.5) is 0 Å². The summed E-state index contributed by atoms with van der Waals surface area (Å²) in [6.45, 7) is 11.5. The van der Waals surface area contributed by atoms with Crippen LogP contribution < -0.4 is 5.32 Å². The minimum atomic E-state index is 0.457. The van der Waals surface area contributed by atoms with Gasteiger partial charge in [-0.05, 0) is 46.9 Å². The number of nitrogens with one attached hydrogen (secondary N) is 1. The molecular formula is C18H31N3. The average Bonchev–Trinajstić information content (AvgIpc) is 2.42. The van der Waals surface area contributed by atoms with Crippen molar-refractivity contribution in [1.29, 1.82) is 0 Å². The highest BCUT2D eigenvalue weighted by molar-refractivity contribution is 5.30. The minimum absolute atomic E-state index is 0.457. The highest BCUT2D eigenvalue weighted by Gasteiger charge is 2.21. The number of nitrogens with zero attached hydrogens (tertiary/aromatic N) is 2. The first-order valence-electron chi connectivity index (χ1n) is 8.17. The molecule has 3 nitrogen and oxygen atoms in total. The third-order valence-corrected chi connectivity index (χ3v) is 4.77. The first kappa shape index (κ1) is 16.5. The number of hydrogen-bond donors (Lipinski definition) is 1. The van der Waals surface area contributed by atoms with E-state index in [1.165, 1.54) is 49.3 Å². The minimum Gasteiger partial charge on any atom is -0.313 e. The fourth-order valence-electron chi connectivity index (χ4n) is 3.33. The highest BCUT2D eigenvalue weighted by Crippen LogP contribution is 2.20. The third-order valence-electron chi connectivity index (χ3n) is 4.77. The topological polar surface area (TPSA) is 18.5 Å². The van der Waals surface area contributed by atoms with Crippen LogP contribution in [0, 0.1) is 13.8 Å². The second-order valence-corrected chi connectivity index (χ2v) is 6.68. The first-order chi connectivity index (χ1) is 9.99. The maximum absolute atomic E-state index is 3.50.